The zero-order chi connectivity index (χ0) is 16.9. The van der Waals surface area contributed by atoms with Crippen LogP contribution in [-0.4, -0.2) is 89.3 Å². The fourth-order valence-electron chi connectivity index (χ4n) is 2.85. The minimum Gasteiger partial charge on any atom is -0.379 e. The maximum absolute atomic E-state index is 5.67. The van der Waals surface area contributed by atoms with Crippen LogP contribution in [0.5, 0.6) is 0 Å². The van der Waals surface area contributed by atoms with Gasteiger partial charge in [-0.05, 0) is 26.2 Å². The van der Waals surface area contributed by atoms with Crippen LogP contribution in [0.1, 0.15) is 26.2 Å². The van der Waals surface area contributed by atoms with Crippen molar-refractivity contribution in [1.82, 2.24) is 15.5 Å². The monoisotopic (exact) mass is 470 g/mol. The summed E-state index contributed by atoms with van der Waals surface area (Å²) in [5.74, 6) is 0.893. The number of morpholine rings is 1. The fourth-order valence-corrected chi connectivity index (χ4v) is 2.85. The average molecular weight is 470 g/mol. The predicted molar refractivity (Wildman–Crippen MR) is 111 cm³/mol. The van der Waals surface area contributed by atoms with Crippen molar-refractivity contribution in [2.24, 2.45) is 4.99 Å². The maximum atomic E-state index is 5.67. The number of aliphatic imine (C=N–C) groups is 1. The average Bonchev–Trinajstić information content (AvgIpc) is 3.12. The summed E-state index contributed by atoms with van der Waals surface area (Å²) in [6.45, 7) is 11.8. The number of ether oxygens (including phenoxy) is 3. The molecule has 25 heavy (non-hydrogen) atoms. The van der Waals surface area contributed by atoms with Crippen LogP contribution in [0.2, 0.25) is 0 Å². The highest BCUT2D eigenvalue weighted by atomic mass is 127. The highest BCUT2D eigenvalue weighted by Crippen LogP contribution is 2.11. The van der Waals surface area contributed by atoms with Crippen LogP contribution in [-0.2, 0) is 14.2 Å². The number of hydrogen-bond donors (Lipinski definition) is 2. The Labute approximate surface area is 169 Å². The lowest BCUT2D eigenvalue weighted by Gasteiger charge is -2.26. The largest absolute Gasteiger partial charge is 0.379 e. The van der Waals surface area contributed by atoms with Gasteiger partial charge >= 0.3 is 0 Å². The molecule has 7 nitrogen and oxygen atoms in total. The first kappa shape index (κ1) is 22.9. The summed E-state index contributed by atoms with van der Waals surface area (Å²) in [6.07, 6.45) is 3.55. The molecule has 2 aliphatic heterocycles. The number of hydrogen-bond acceptors (Lipinski definition) is 5. The quantitative estimate of drug-likeness (QED) is 0.216. The fraction of sp³-hybridized carbons (Fsp3) is 0.941. The molecule has 2 N–H and O–H groups in total. The molecular formula is C17H35IN4O3. The van der Waals surface area contributed by atoms with Gasteiger partial charge in [0.15, 0.2) is 5.96 Å². The van der Waals surface area contributed by atoms with Crippen molar-refractivity contribution in [3.05, 3.63) is 0 Å². The Hall–Kier alpha value is -0.160. The van der Waals surface area contributed by atoms with Gasteiger partial charge in [0.1, 0.15) is 0 Å². The van der Waals surface area contributed by atoms with Crippen LogP contribution in [0.4, 0.5) is 0 Å². The second-order valence-corrected chi connectivity index (χ2v) is 6.20. The second-order valence-electron chi connectivity index (χ2n) is 6.20. The summed E-state index contributed by atoms with van der Waals surface area (Å²) in [5.41, 5.74) is 0. The van der Waals surface area contributed by atoms with Crippen LogP contribution < -0.4 is 10.6 Å². The van der Waals surface area contributed by atoms with E-state index >= 15 is 0 Å². The van der Waals surface area contributed by atoms with E-state index in [2.05, 4.69) is 27.4 Å². The van der Waals surface area contributed by atoms with Crippen LogP contribution in [0.15, 0.2) is 4.99 Å². The van der Waals surface area contributed by atoms with E-state index in [1.54, 1.807) is 0 Å². The van der Waals surface area contributed by atoms with Crippen molar-refractivity contribution in [2.75, 3.05) is 72.3 Å². The van der Waals surface area contributed by atoms with Gasteiger partial charge in [0.25, 0.3) is 0 Å². The zero-order valence-electron chi connectivity index (χ0n) is 15.5. The van der Waals surface area contributed by atoms with Gasteiger partial charge in [0.05, 0.1) is 25.9 Å². The molecule has 0 aromatic heterocycles. The summed E-state index contributed by atoms with van der Waals surface area (Å²) in [4.78, 5) is 7.02. The second kappa shape index (κ2) is 15.0. The van der Waals surface area contributed by atoms with E-state index in [9.17, 15) is 0 Å². The number of guanidine groups is 1. The molecule has 0 bridgehead atoms. The molecule has 2 saturated heterocycles. The first-order chi connectivity index (χ1) is 11.9. The maximum Gasteiger partial charge on any atom is 0.191 e. The third kappa shape index (κ3) is 10.5. The minimum absolute atomic E-state index is 0. The zero-order valence-corrected chi connectivity index (χ0v) is 17.8. The van der Waals surface area contributed by atoms with Crippen molar-refractivity contribution in [2.45, 2.75) is 32.3 Å². The van der Waals surface area contributed by atoms with Crippen molar-refractivity contribution < 1.29 is 14.2 Å². The van der Waals surface area contributed by atoms with Gasteiger partial charge in [-0.3, -0.25) is 9.89 Å². The van der Waals surface area contributed by atoms with E-state index in [1.165, 1.54) is 6.42 Å². The summed E-state index contributed by atoms with van der Waals surface area (Å²) < 4.78 is 16.6. The smallest absolute Gasteiger partial charge is 0.191 e. The Morgan fingerprint density at radius 3 is 2.80 bits per heavy atom. The lowest BCUT2D eigenvalue weighted by Crippen LogP contribution is -2.44. The number of nitrogens with zero attached hydrogens (tertiary/aromatic N) is 2. The van der Waals surface area contributed by atoms with E-state index in [0.717, 1.165) is 91.1 Å². The van der Waals surface area contributed by atoms with Crippen molar-refractivity contribution in [1.29, 1.82) is 0 Å². The first-order valence-corrected chi connectivity index (χ1v) is 9.40. The van der Waals surface area contributed by atoms with Crippen molar-refractivity contribution in [3.8, 4) is 0 Å². The molecule has 0 amide bonds. The molecule has 0 saturated carbocycles. The Kier molecular flexibility index (Phi) is 13.7. The molecule has 0 spiro atoms. The van der Waals surface area contributed by atoms with E-state index < -0.39 is 0 Å². The summed E-state index contributed by atoms with van der Waals surface area (Å²) in [5, 5.41) is 6.69. The van der Waals surface area contributed by atoms with Gasteiger partial charge in [-0.15, -0.1) is 24.0 Å². The summed E-state index contributed by atoms with van der Waals surface area (Å²) in [7, 11) is 0. The molecule has 0 aliphatic carbocycles. The van der Waals surface area contributed by atoms with Crippen LogP contribution in [0.25, 0.3) is 0 Å². The minimum atomic E-state index is 0. The van der Waals surface area contributed by atoms with Crippen molar-refractivity contribution >= 4 is 29.9 Å². The van der Waals surface area contributed by atoms with Crippen LogP contribution in [0, 0.1) is 0 Å². The first-order valence-electron chi connectivity index (χ1n) is 9.40. The van der Waals surface area contributed by atoms with Crippen LogP contribution in [0.3, 0.4) is 0 Å². The Balaban J connectivity index is 0.00000312. The molecule has 2 aliphatic rings. The van der Waals surface area contributed by atoms with Gasteiger partial charge in [-0.1, -0.05) is 0 Å². The standard InChI is InChI=1S/C17H34N4O3.HI/c1-2-18-17(20-7-8-21-9-13-22-14-10-21)19-6-4-11-23-15-16-5-3-12-24-16;/h16H,2-15H2,1H3,(H2,18,19,20);1H. The highest BCUT2D eigenvalue weighted by Gasteiger charge is 2.14. The number of rotatable bonds is 10. The number of halogens is 1. The van der Waals surface area contributed by atoms with E-state index in [-0.39, 0.29) is 24.0 Å². The molecule has 1 unspecified atom stereocenters. The summed E-state index contributed by atoms with van der Waals surface area (Å²) >= 11 is 0. The molecular weight excluding hydrogens is 435 g/mol. The molecule has 0 aromatic carbocycles. The molecule has 2 fully saturated rings. The predicted octanol–water partition coefficient (Wildman–Crippen LogP) is 1.08. The van der Waals surface area contributed by atoms with E-state index in [0.29, 0.717) is 6.10 Å². The lowest BCUT2D eigenvalue weighted by atomic mass is 10.2. The molecule has 148 valence electrons. The topological polar surface area (TPSA) is 67.4 Å². The van der Waals surface area contributed by atoms with Crippen LogP contribution >= 0.6 is 24.0 Å². The Morgan fingerprint density at radius 2 is 2.08 bits per heavy atom. The SMILES string of the molecule is CCNC(=NCCCOCC1CCCO1)NCCN1CCOCC1.I. The molecule has 1 atom stereocenters. The van der Waals surface area contributed by atoms with E-state index in [4.69, 9.17) is 14.2 Å². The van der Waals surface area contributed by atoms with Gasteiger partial charge < -0.3 is 24.8 Å². The Morgan fingerprint density at radius 1 is 1.24 bits per heavy atom. The highest BCUT2D eigenvalue weighted by molar-refractivity contribution is 14.0. The Bertz CT molecular complexity index is 349. The molecule has 0 aromatic rings. The summed E-state index contributed by atoms with van der Waals surface area (Å²) in [6, 6.07) is 0. The lowest BCUT2D eigenvalue weighted by molar-refractivity contribution is 0.0171. The normalized spacial score (nSPS) is 21.8. The molecule has 8 heteroatoms. The van der Waals surface area contributed by atoms with Gasteiger partial charge in [0.2, 0.25) is 0 Å². The third-order valence-electron chi connectivity index (χ3n) is 4.21. The van der Waals surface area contributed by atoms with Gasteiger partial charge in [-0.2, -0.15) is 0 Å². The van der Waals surface area contributed by atoms with Crippen molar-refractivity contribution in [3.63, 3.8) is 0 Å². The molecule has 2 rings (SSSR count). The van der Waals surface area contributed by atoms with E-state index in [1.807, 2.05) is 0 Å². The van der Waals surface area contributed by atoms with Gasteiger partial charge in [0, 0.05) is 52.5 Å². The number of nitrogens with one attached hydrogen (secondary N) is 2. The molecule has 2 heterocycles. The molecule has 0 radical (unpaired) electrons. The van der Waals surface area contributed by atoms with Gasteiger partial charge in [-0.25, -0.2) is 0 Å². The third-order valence-corrected chi connectivity index (χ3v) is 4.21.